The quantitative estimate of drug-likeness (QED) is 0.408. The van der Waals surface area contributed by atoms with E-state index < -0.39 is 12.2 Å². The molecule has 2 aromatic carbocycles. The average molecular weight is 390 g/mol. The lowest BCUT2D eigenvalue weighted by Gasteiger charge is -2.11. The predicted octanol–water partition coefficient (Wildman–Crippen LogP) is 5.90. The highest BCUT2D eigenvalue weighted by Gasteiger charge is 2.25. The summed E-state index contributed by atoms with van der Waals surface area (Å²) < 4.78 is 48.8. The maximum atomic E-state index is 15.1. The Labute approximate surface area is 174 Å². The van der Waals surface area contributed by atoms with E-state index in [0.29, 0.717) is 50.0 Å². The van der Waals surface area contributed by atoms with E-state index in [4.69, 9.17) is 8.53 Å². The van der Waals surface area contributed by atoms with Crippen LogP contribution in [0.4, 0.5) is 4.39 Å². The summed E-state index contributed by atoms with van der Waals surface area (Å²) in [6.45, 7) is 7.11. The van der Waals surface area contributed by atoms with Crippen molar-refractivity contribution in [2.24, 2.45) is 13.0 Å². The second kappa shape index (κ2) is 7.00. The zero-order valence-electron chi connectivity index (χ0n) is 20.1. The fraction of sp³-hybridized carbons (Fsp3) is 0.280. The lowest BCUT2D eigenvalue weighted by molar-refractivity contribution is -0.666. The first-order valence-electron chi connectivity index (χ1n) is 11.1. The van der Waals surface area contributed by atoms with E-state index in [0.717, 1.165) is 0 Å². The number of aromatic nitrogens is 1. The van der Waals surface area contributed by atoms with Crippen molar-refractivity contribution in [2.45, 2.75) is 34.1 Å². The van der Waals surface area contributed by atoms with Gasteiger partial charge in [-0.25, -0.2) is 4.39 Å². The van der Waals surface area contributed by atoms with Crippen molar-refractivity contribution in [3.63, 3.8) is 0 Å². The zero-order valence-corrected chi connectivity index (χ0v) is 17.1. The number of benzene rings is 2. The minimum absolute atomic E-state index is 0.141. The van der Waals surface area contributed by atoms with E-state index >= 15 is 4.39 Å². The van der Waals surface area contributed by atoms with Crippen LogP contribution in [-0.4, -0.2) is 0 Å². The number of para-hydroxylation sites is 1. The van der Waals surface area contributed by atoms with Crippen molar-refractivity contribution < 1.29 is 17.5 Å². The number of nitrogens with zero attached hydrogens (tertiary/aromatic N) is 2. The third-order valence-electron chi connectivity index (χ3n) is 5.20. The Morgan fingerprint density at radius 2 is 2.03 bits per heavy atom. The Bertz CT molecular complexity index is 1450. The van der Waals surface area contributed by atoms with Crippen LogP contribution in [0.5, 0.6) is 0 Å². The van der Waals surface area contributed by atoms with Crippen LogP contribution >= 0.6 is 0 Å². The number of hydrogen-bond donors (Lipinski definition) is 0. The van der Waals surface area contributed by atoms with Crippen molar-refractivity contribution in [2.75, 3.05) is 0 Å². The van der Waals surface area contributed by atoms with Gasteiger partial charge in [0.05, 0.1) is 17.9 Å². The van der Waals surface area contributed by atoms with Gasteiger partial charge in [0.2, 0.25) is 5.69 Å². The maximum absolute atomic E-state index is 15.1. The largest absolute Gasteiger partial charge is 0.454 e. The van der Waals surface area contributed by atoms with E-state index in [1.165, 1.54) is 6.07 Å². The highest BCUT2D eigenvalue weighted by molar-refractivity contribution is 6.11. The van der Waals surface area contributed by atoms with Crippen LogP contribution in [0.3, 0.4) is 0 Å². The SMILES string of the molecule is [2H]c1c(C([2H])([2H])C(C)C)cc(-c2c(C)cc(F)c3c2oc2c(C#N)cccc23)[n+](C)c1C. The molecule has 3 nitrogen and oxygen atoms in total. The van der Waals surface area contributed by atoms with Gasteiger partial charge in [0, 0.05) is 27.2 Å². The van der Waals surface area contributed by atoms with Crippen LogP contribution in [0.2, 0.25) is 0 Å². The topological polar surface area (TPSA) is 40.8 Å². The molecule has 0 fully saturated rings. The first-order valence-corrected chi connectivity index (χ1v) is 9.56. The summed E-state index contributed by atoms with van der Waals surface area (Å²) in [7, 11) is 1.80. The van der Waals surface area contributed by atoms with Crippen molar-refractivity contribution in [1.82, 2.24) is 0 Å². The van der Waals surface area contributed by atoms with E-state index in [1.54, 1.807) is 63.6 Å². The third kappa shape index (κ3) is 3.07. The lowest BCUT2D eigenvalue weighted by atomic mass is 9.96. The molecule has 0 radical (unpaired) electrons. The summed E-state index contributed by atoms with van der Waals surface area (Å²) in [4.78, 5) is 0. The standard InChI is InChI=1S/C25H24FN2O/c1-14(2)9-17-11-16(4)28(5)21(12-17)22-15(3)10-20(26)23-19-8-6-7-18(13-27)24(19)29-25(22)23/h6-8,10-12,14H,9H2,1-5H3/q+1/i9D2,11D. The Morgan fingerprint density at radius 3 is 2.72 bits per heavy atom. The summed E-state index contributed by atoms with van der Waals surface area (Å²) in [5.74, 6) is -0.783. The molecular formula is C25H24FN2O+. The number of halogens is 1. The molecule has 0 aliphatic carbocycles. The normalized spacial score (nSPS) is 13.5. The van der Waals surface area contributed by atoms with Crippen molar-refractivity contribution >= 4 is 21.9 Å². The van der Waals surface area contributed by atoms with Crippen molar-refractivity contribution in [3.05, 3.63) is 64.6 Å². The van der Waals surface area contributed by atoms with Crippen LogP contribution in [0, 0.1) is 36.9 Å². The van der Waals surface area contributed by atoms with E-state index in [-0.39, 0.29) is 17.5 Å². The number of rotatable bonds is 3. The van der Waals surface area contributed by atoms with Crippen LogP contribution in [0.25, 0.3) is 33.2 Å². The number of hydrogen-bond acceptors (Lipinski definition) is 2. The minimum atomic E-state index is -1.72. The van der Waals surface area contributed by atoms with Gasteiger partial charge in [0.25, 0.3) is 0 Å². The van der Waals surface area contributed by atoms with Gasteiger partial charge >= 0.3 is 0 Å². The number of nitriles is 1. The molecule has 4 rings (SSSR count). The van der Waals surface area contributed by atoms with Gasteiger partial charge in [-0.1, -0.05) is 26.0 Å². The first kappa shape index (κ1) is 15.7. The molecule has 2 heterocycles. The molecule has 0 saturated heterocycles. The summed E-state index contributed by atoms with van der Waals surface area (Å²) in [5, 5.41) is 10.3. The summed E-state index contributed by atoms with van der Waals surface area (Å²) in [5.41, 5.74) is 3.69. The average Bonchev–Trinajstić information content (AvgIpc) is 3.12. The molecule has 4 heteroatoms. The Balaban J connectivity index is 2.18. The molecule has 4 aromatic rings. The summed E-state index contributed by atoms with van der Waals surface area (Å²) >= 11 is 0. The van der Waals surface area contributed by atoms with Gasteiger partial charge in [-0.15, -0.1) is 0 Å². The van der Waals surface area contributed by atoms with Gasteiger partial charge < -0.3 is 4.42 Å². The number of aryl methyl sites for hydroxylation is 1. The molecular weight excluding hydrogens is 363 g/mol. The Hall–Kier alpha value is -3.19. The Kier molecular flexibility index (Phi) is 3.79. The molecule has 0 saturated carbocycles. The molecule has 0 spiro atoms. The number of pyridine rings is 1. The fourth-order valence-electron chi connectivity index (χ4n) is 3.81. The van der Waals surface area contributed by atoms with E-state index in [2.05, 4.69) is 6.07 Å². The van der Waals surface area contributed by atoms with Crippen molar-refractivity contribution in [3.8, 4) is 17.3 Å². The Morgan fingerprint density at radius 1 is 1.28 bits per heavy atom. The van der Waals surface area contributed by atoms with Crippen LogP contribution < -0.4 is 4.57 Å². The molecule has 0 amide bonds. The smallest absolute Gasteiger partial charge is 0.216 e. The van der Waals surface area contributed by atoms with Gasteiger partial charge in [-0.05, 0) is 42.5 Å². The molecule has 2 aromatic heterocycles. The molecule has 0 aliphatic heterocycles. The summed E-state index contributed by atoms with van der Waals surface area (Å²) in [6, 6.07) is 10.4. The van der Waals surface area contributed by atoms with E-state index in [9.17, 15) is 5.26 Å². The second-order valence-corrected chi connectivity index (χ2v) is 7.66. The predicted molar refractivity (Wildman–Crippen MR) is 113 cm³/mol. The minimum Gasteiger partial charge on any atom is -0.454 e. The van der Waals surface area contributed by atoms with Gasteiger partial charge in [-0.3, -0.25) is 0 Å². The first-order chi connectivity index (χ1) is 15.0. The number of fused-ring (bicyclic) bond motifs is 3. The van der Waals surface area contributed by atoms with Crippen molar-refractivity contribution in [1.29, 1.82) is 5.26 Å². The monoisotopic (exact) mass is 390 g/mol. The molecule has 0 N–H and O–H groups in total. The highest BCUT2D eigenvalue weighted by Crippen LogP contribution is 2.39. The van der Waals surface area contributed by atoms with Gasteiger partial charge in [0.15, 0.2) is 16.9 Å². The third-order valence-corrected chi connectivity index (χ3v) is 5.20. The second-order valence-electron chi connectivity index (χ2n) is 7.66. The lowest BCUT2D eigenvalue weighted by Crippen LogP contribution is -2.35. The maximum Gasteiger partial charge on any atom is 0.216 e. The van der Waals surface area contributed by atoms with Gasteiger partial charge in [-0.2, -0.15) is 9.83 Å². The van der Waals surface area contributed by atoms with E-state index in [1.807, 2.05) is 0 Å². The molecule has 0 unspecified atom stereocenters. The van der Waals surface area contributed by atoms with Crippen LogP contribution in [-0.2, 0) is 13.4 Å². The van der Waals surface area contributed by atoms with Gasteiger partial charge in [0.1, 0.15) is 18.9 Å². The van der Waals surface area contributed by atoms with Crippen LogP contribution in [0.1, 0.15) is 40.3 Å². The summed E-state index contributed by atoms with van der Waals surface area (Å²) in [6.07, 6.45) is -1.72. The molecule has 29 heavy (non-hydrogen) atoms. The number of furan rings is 1. The molecule has 0 aliphatic rings. The molecule has 146 valence electrons. The van der Waals surface area contributed by atoms with Crippen LogP contribution in [0.15, 0.2) is 40.8 Å². The molecule has 0 bridgehead atoms. The molecule has 0 atom stereocenters. The highest BCUT2D eigenvalue weighted by atomic mass is 19.1. The zero-order chi connectivity index (χ0) is 23.5. The fourth-order valence-corrected chi connectivity index (χ4v) is 3.81.